The number of nitrogens with one attached hydrogen (secondary N) is 1. The molecule has 1 amide bonds. The number of carbonyl (C=O) groups is 1. The van der Waals surface area contributed by atoms with Gasteiger partial charge in [0.05, 0.1) is 4.90 Å². The van der Waals surface area contributed by atoms with Gasteiger partial charge in [0.15, 0.2) is 0 Å². The van der Waals surface area contributed by atoms with Crippen molar-refractivity contribution in [3.05, 3.63) is 24.3 Å². The van der Waals surface area contributed by atoms with Crippen LogP contribution in [0.5, 0.6) is 0 Å². The van der Waals surface area contributed by atoms with Crippen molar-refractivity contribution in [1.29, 1.82) is 0 Å². The predicted molar refractivity (Wildman–Crippen MR) is 112 cm³/mol. The van der Waals surface area contributed by atoms with Crippen molar-refractivity contribution in [1.82, 2.24) is 9.21 Å². The number of benzene rings is 1. The summed E-state index contributed by atoms with van der Waals surface area (Å²) < 4.78 is 28.2. The van der Waals surface area contributed by atoms with E-state index in [0.29, 0.717) is 35.5 Å². The number of fused-ring (bicyclic) bond motifs is 2. The van der Waals surface area contributed by atoms with Gasteiger partial charge >= 0.3 is 0 Å². The second-order valence-corrected chi connectivity index (χ2v) is 10.8. The molecule has 2 fully saturated rings. The molecule has 1 aromatic carbocycles. The van der Waals surface area contributed by atoms with Crippen LogP contribution in [0.1, 0.15) is 40.5 Å². The Morgan fingerprint density at radius 2 is 1.68 bits per heavy atom. The highest BCUT2D eigenvalue weighted by Gasteiger charge is 2.49. The molecule has 3 rings (SSSR count). The van der Waals surface area contributed by atoms with Gasteiger partial charge in [-0.05, 0) is 54.5 Å². The van der Waals surface area contributed by atoms with E-state index in [2.05, 4.69) is 31.0 Å². The summed E-state index contributed by atoms with van der Waals surface area (Å²) in [5.41, 5.74) is 0.763. The summed E-state index contributed by atoms with van der Waals surface area (Å²) in [5.74, 6) is 0.505. The molecule has 2 aliphatic rings. The molecule has 0 aromatic heterocycles. The second-order valence-electron chi connectivity index (χ2n) is 8.86. The minimum Gasteiger partial charge on any atom is -0.326 e. The maximum absolute atomic E-state index is 13.2. The topological polar surface area (TPSA) is 69.7 Å². The lowest BCUT2D eigenvalue weighted by molar-refractivity contribution is -0.114. The van der Waals surface area contributed by atoms with E-state index in [0.717, 1.165) is 19.6 Å². The molecule has 2 heterocycles. The van der Waals surface area contributed by atoms with Gasteiger partial charge in [0.25, 0.3) is 0 Å². The second kappa shape index (κ2) is 8.13. The molecule has 28 heavy (non-hydrogen) atoms. The van der Waals surface area contributed by atoms with Gasteiger partial charge in [-0.3, -0.25) is 4.79 Å². The molecule has 2 saturated heterocycles. The highest BCUT2D eigenvalue weighted by atomic mass is 32.2. The Hall–Kier alpha value is -1.44. The zero-order valence-corrected chi connectivity index (χ0v) is 18.3. The summed E-state index contributed by atoms with van der Waals surface area (Å²) in [4.78, 5) is 14.0. The summed E-state index contributed by atoms with van der Waals surface area (Å²) in [7, 11) is -3.53. The molecule has 2 atom stereocenters. The zero-order valence-electron chi connectivity index (χ0n) is 17.4. The van der Waals surface area contributed by atoms with Crippen LogP contribution in [-0.4, -0.2) is 56.3 Å². The number of likely N-dealkylation sites (tertiary alicyclic amines) is 1. The fourth-order valence-electron chi connectivity index (χ4n) is 4.48. The molecule has 0 aliphatic carbocycles. The standard InChI is InChI=1S/C21H33N3O3S/c1-5-6-11-23-12-17-14-24(15-18(13-23)21(17,3)4)28(26,27)20-9-7-19(8-10-20)22-16(2)25/h7-10,17-18H,5-6,11-15H2,1-4H3,(H,22,25). The third-order valence-corrected chi connectivity index (χ3v) is 8.40. The van der Waals surface area contributed by atoms with E-state index in [1.165, 1.54) is 19.8 Å². The number of anilines is 1. The maximum Gasteiger partial charge on any atom is 0.243 e. The van der Waals surface area contributed by atoms with Crippen molar-refractivity contribution in [3.63, 3.8) is 0 Å². The van der Waals surface area contributed by atoms with E-state index in [1.807, 2.05) is 0 Å². The van der Waals surface area contributed by atoms with Gasteiger partial charge in [-0.2, -0.15) is 4.31 Å². The van der Waals surface area contributed by atoms with Crippen molar-refractivity contribution in [2.45, 2.75) is 45.4 Å². The van der Waals surface area contributed by atoms with Gasteiger partial charge in [0.2, 0.25) is 15.9 Å². The third-order valence-electron chi connectivity index (χ3n) is 6.55. The van der Waals surface area contributed by atoms with Crippen LogP contribution in [0.3, 0.4) is 0 Å². The molecule has 0 spiro atoms. The molecule has 156 valence electrons. The minimum atomic E-state index is -3.53. The first-order valence-corrected chi connectivity index (χ1v) is 11.7. The number of hydrogen-bond donors (Lipinski definition) is 1. The molecular formula is C21H33N3O3S. The summed E-state index contributed by atoms with van der Waals surface area (Å²) in [6.45, 7) is 12.4. The van der Waals surface area contributed by atoms with Crippen LogP contribution in [0.2, 0.25) is 0 Å². The lowest BCUT2D eigenvalue weighted by atomic mass is 9.64. The smallest absolute Gasteiger partial charge is 0.243 e. The summed E-state index contributed by atoms with van der Waals surface area (Å²) in [6, 6.07) is 6.47. The van der Waals surface area contributed by atoms with Crippen molar-refractivity contribution >= 4 is 21.6 Å². The number of nitrogens with zero attached hydrogens (tertiary/aromatic N) is 2. The molecule has 1 N–H and O–H groups in total. The number of piperidine rings is 2. The van der Waals surface area contributed by atoms with E-state index in [4.69, 9.17) is 0 Å². The number of sulfonamides is 1. The van der Waals surface area contributed by atoms with Crippen molar-refractivity contribution in [2.75, 3.05) is 38.0 Å². The van der Waals surface area contributed by atoms with Gasteiger partial charge in [-0.25, -0.2) is 8.42 Å². The largest absolute Gasteiger partial charge is 0.326 e. The van der Waals surface area contributed by atoms with E-state index in [-0.39, 0.29) is 11.3 Å². The predicted octanol–water partition coefficient (Wildman–Crippen LogP) is 3.02. The van der Waals surface area contributed by atoms with Gasteiger partial charge in [0.1, 0.15) is 0 Å². The average Bonchev–Trinajstić information content (AvgIpc) is 2.59. The number of rotatable bonds is 6. The monoisotopic (exact) mass is 407 g/mol. The lowest BCUT2D eigenvalue weighted by Gasteiger charge is -2.55. The number of amides is 1. The van der Waals surface area contributed by atoms with Gasteiger partial charge in [-0.15, -0.1) is 0 Å². The first-order chi connectivity index (χ1) is 13.1. The minimum absolute atomic E-state index is 0.157. The molecule has 0 radical (unpaired) electrons. The number of unbranched alkanes of at least 4 members (excludes halogenated alkanes) is 1. The average molecular weight is 408 g/mol. The maximum atomic E-state index is 13.2. The van der Waals surface area contributed by atoms with E-state index >= 15 is 0 Å². The van der Waals surface area contributed by atoms with Crippen LogP contribution in [0.25, 0.3) is 0 Å². The molecule has 6 nitrogen and oxygen atoms in total. The zero-order chi connectivity index (χ0) is 20.5. The van der Waals surface area contributed by atoms with Gasteiger partial charge < -0.3 is 10.2 Å². The quantitative estimate of drug-likeness (QED) is 0.787. The van der Waals surface area contributed by atoms with Crippen LogP contribution < -0.4 is 5.32 Å². The molecule has 2 bridgehead atoms. The first kappa shape index (κ1) is 21.3. The lowest BCUT2D eigenvalue weighted by Crippen LogP contribution is -2.62. The highest BCUT2D eigenvalue weighted by Crippen LogP contribution is 2.45. The Labute approximate surface area is 169 Å². The van der Waals surface area contributed by atoms with Crippen LogP contribution in [0, 0.1) is 17.3 Å². The van der Waals surface area contributed by atoms with Crippen LogP contribution in [0.15, 0.2) is 29.2 Å². The Balaban J connectivity index is 1.77. The van der Waals surface area contributed by atoms with E-state index < -0.39 is 10.0 Å². The van der Waals surface area contributed by atoms with Crippen LogP contribution in [0.4, 0.5) is 5.69 Å². The normalized spacial score (nSPS) is 25.4. The van der Waals surface area contributed by atoms with Crippen molar-refractivity contribution < 1.29 is 13.2 Å². The van der Waals surface area contributed by atoms with Crippen molar-refractivity contribution in [3.8, 4) is 0 Å². The Morgan fingerprint density at radius 1 is 1.11 bits per heavy atom. The fraction of sp³-hybridized carbons (Fsp3) is 0.667. The summed E-state index contributed by atoms with van der Waals surface area (Å²) in [5, 5.41) is 2.67. The molecule has 7 heteroatoms. The number of hydrogen-bond acceptors (Lipinski definition) is 4. The summed E-state index contributed by atoms with van der Waals surface area (Å²) >= 11 is 0. The van der Waals surface area contributed by atoms with E-state index in [1.54, 1.807) is 28.6 Å². The van der Waals surface area contributed by atoms with Crippen LogP contribution in [-0.2, 0) is 14.8 Å². The third kappa shape index (κ3) is 4.26. The van der Waals surface area contributed by atoms with Crippen LogP contribution >= 0.6 is 0 Å². The van der Waals surface area contributed by atoms with Gasteiger partial charge in [0, 0.05) is 38.8 Å². The Morgan fingerprint density at radius 3 is 2.18 bits per heavy atom. The highest BCUT2D eigenvalue weighted by molar-refractivity contribution is 7.89. The first-order valence-electron chi connectivity index (χ1n) is 10.2. The molecule has 1 aromatic rings. The number of carbonyl (C=O) groups excluding carboxylic acids is 1. The molecular weight excluding hydrogens is 374 g/mol. The molecule has 2 unspecified atom stereocenters. The van der Waals surface area contributed by atoms with E-state index in [9.17, 15) is 13.2 Å². The SMILES string of the molecule is CCCCN1CC2CN(S(=O)(=O)c3ccc(NC(C)=O)cc3)CC(C1)C2(C)C. The summed E-state index contributed by atoms with van der Waals surface area (Å²) in [6.07, 6.45) is 2.38. The fourth-order valence-corrected chi connectivity index (χ4v) is 6.01. The molecule has 0 saturated carbocycles. The Kier molecular flexibility index (Phi) is 6.17. The van der Waals surface area contributed by atoms with Crippen molar-refractivity contribution in [2.24, 2.45) is 17.3 Å². The van der Waals surface area contributed by atoms with Gasteiger partial charge in [-0.1, -0.05) is 27.2 Å². The Bertz CT molecular complexity index is 787. The molecule has 2 aliphatic heterocycles.